The molecule has 0 heterocycles. The van der Waals surface area contributed by atoms with Gasteiger partial charge in [-0.1, -0.05) is 61.6 Å². The first-order valence-corrected chi connectivity index (χ1v) is 21.2. The van der Waals surface area contributed by atoms with Crippen LogP contribution in [0.4, 0.5) is 0 Å². The van der Waals surface area contributed by atoms with E-state index in [4.69, 9.17) is 23.2 Å². The van der Waals surface area contributed by atoms with Crippen molar-refractivity contribution in [3.8, 4) is 11.1 Å². The van der Waals surface area contributed by atoms with Crippen molar-refractivity contribution in [2.75, 3.05) is 0 Å². The summed E-state index contributed by atoms with van der Waals surface area (Å²) in [6, 6.07) is 34.0. The third kappa shape index (κ3) is 8.29. The van der Waals surface area contributed by atoms with Crippen LogP contribution in [0, 0.1) is 41.2 Å². The molecule has 0 aromatic heterocycles. The molecule has 0 spiro atoms. The molecule has 4 aromatic rings. The Balaban J connectivity index is 0.000000115. The van der Waals surface area contributed by atoms with Gasteiger partial charge in [-0.2, -0.15) is 41.5 Å². The molecule has 4 aromatic carbocycles. The number of halogens is 2. The Morgan fingerprint density at radius 3 is 1.88 bits per heavy atom. The largest absolute Gasteiger partial charge is 0.179 e. The Morgan fingerprint density at radius 2 is 1.31 bits per heavy atom. The van der Waals surface area contributed by atoms with E-state index in [9.17, 15) is 0 Å². The maximum absolute atomic E-state index is 5.84. The first-order valence-electron chi connectivity index (χ1n) is 17.6. The van der Waals surface area contributed by atoms with Gasteiger partial charge in [0.1, 0.15) is 0 Å². The Hall–Kier alpha value is -2.44. The van der Waals surface area contributed by atoms with E-state index in [-0.39, 0.29) is 0 Å². The zero-order valence-electron chi connectivity index (χ0n) is 28.1. The monoisotopic (exact) mass is 744 g/mol. The second-order valence-electron chi connectivity index (χ2n) is 14.8. The van der Waals surface area contributed by atoms with Crippen molar-refractivity contribution in [1.82, 2.24) is 0 Å². The van der Waals surface area contributed by atoms with Crippen LogP contribution in [0.3, 0.4) is 0 Å². The van der Waals surface area contributed by atoms with E-state index in [1.165, 1.54) is 45.4 Å². The minimum atomic E-state index is -0.623. The number of allylic oxidation sites excluding steroid dienone is 4. The molecule has 48 heavy (non-hydrogen) atoms. The molecule has 6 aliphatic rings. The van der Waals surface area contributed by atoms with Crippen LogP contribution >= 0.6 is 23.2 Å². The number of benzene rings is 4. The average Bonchev–Trinajstić information content (AvgIpc) is 3.60. The van der Waals surface area contributed by atoms with Crippen LogP contribution < -0.4 is 0 Å². The van der Waals surface area contributed by atoms with Crippen molar-refractivity contribution in [3.63, 3.8) is 0 Å². The molecule has 0 radical (unpaired) electrons. The van der Waals surface area contributed by atoms with Crippen molar-refractivity contribution >= 4 is 30.6 Å². The summed E-state index contributed by atoms with van der Waals surface area (Å²) in [5.74, 6) is 3.82. The van der Waals surface area contributed by atoms with E-state index < -0.39 is 22.3 Å². The Kier molecular flexibility index (Phi) is 10.8. The van der Waals surface area contributed by atoms with Crippen LogP contribution in [0.15, 0.2) is 108 Å². The van der Waals surface area contributed by atoms with Gasteiger partial charge in [0.2, 0.25) is 0 Å². The van der Waals surface area contributed by atoms with Crippen molar-refractivity contribution in [2.45, 2.75) is 65.2 Å². The zero-order chi connectivity index (χ0) is 33.1. The van der Waals surface area contributed by atoms with E-state index in [1.54, 1.807) is 44.1 Å². The van der Waals surface area contributed by atoms with Gasteiger partial charge in [0.25, 0.3) is 0 Å². The molecule has 1 unspecified atom stereocenters. The fourth-order valence-electron chi connectivity index (χ4n) is 9.35. The summed E-state index contributed by atoms with van der Waals surface area (Å²) in [6.07, 6.45) is 17.8. The summed E-state index contributed by atoms with van der Waals surface area (Å²) in [5, 5.41) is 1.57. The summed E-state index contributed by atoms with van der Waals surface area (Å²) in [5.41, 5.74) is 11.8. The predicted molar refractivity (Wildman–Crippen MR) is 202 cm³/mol. The molecule has 1 atom stereocenters. The third-order valence-electron chi connectivity index (χ3n) is 11.0. The number of fused-ring (bicyclic) bond motifs is 3. The van der Waals surface area contributed by atoms with Crippen LogP contribution in [-0.4, -0.2) is 7.42 Å². The normalized spacial score (nSPS) is 25.2. The molecule has 10 rings (SSSR count). The molecule has 0 N–H and O–H groups in total. The molecule has 0 nitrogen and oxygen atoms in total. The standard InChI is InChI=1S/C18H25.C13H9.2C7H5Cl.Zr/c1-12-3-13(2)17(4-12)11-18-8-14-5-15(9-18)7-16(6-14)10-18;1-3-7-12-10(5-1)9-11-6-2-4-8-13(11)12;2*1-6-2-4-7(8)5-3-6;/h4,12,14-16H,5-11H2,1-2H3;1-5,7-8H,9H2;2*1-5H;/q2*-1;;;. The van der Waals surface area contributed by atoms with Crippen molar-refractivity contribution in [3.05, 3.63) is 153 Å². The van der Waals surface area contributed by atoms with Crippen LogP contribution in [0.25, 0.3) is 11.1 Å². The van der Waals surface area contributed by atoms with Crippen LogP contribution in [0.1, 0.15) is 81.0 Å². The smallest absolute Gasteiger partial charge is 0.0253 e. The molecule has 4 bridgehead atoms. The van der Waals surface area contributed by atoms with E-state index in [0.29, 0.717) is 11.3 Å². The molecule has 3 heteroatoms. The maximum Gasteiger partial charge on any atom is -0.0253 e. The Morgan fingerprint density at radius 1 is 0.750 bits per heavy atom. The number of rotatable bonds is 4. The summed E-state index contributed by atoms with van der Waals surface area (Å²) in [7, 11) is 0. The van der Waals surface area contributed by atoms with Gasteiger partial charge >= 0.3 is 123 Å². The molecule has 4 fully saturated rings. The van der Waals surface area contributed by atoms with Crippen LogP contribution in [-0.2, 0) is 28.7 Å². The average molecular weight is 747 g/mol. The Labute approximate surface area is 308 Å². The third-order valence-corrected chi connectivity index (χ3v) is 13.9. The Bertz CT molecular complexity index is 1740. The summed E-state index contributed by atoms with van der Waals surface area (Å²) in [6.45, 7) is 4.55. The fourth-order valence-corrected chi connectivity index (χ4v) is 11.7. The molecule has 4 saturated carbocycles. The van der Waals surface area contributed by atoms with Gasteiger partial charge in [-0.3, -0.25) is 6.08 Å². The van der Waals surface area contributed by atoms with E-state index in [1.807, 2.05) is 30.3 Å². The van der Waals surface area contributed by atoms with E-state index in [0.717, 1.165) is 34.2 Å². The van der Waals surface area contributed by atoms with Gasteiger partial charge in [-0.15, -0.1) is 5.56 Å². The van der Waals surface area contributed by atoms with Gasteiger partial charge in [-0.05, 0) is 68.1 Å². The van der Waals surface area contributed by atoms with Gasteiger partial charge in [0, 0.05) is 0 Å². The minimum Gasteiger partial charge on any atom is -0.179 e. The second kappa shape index (κ2) is 15.2. The summed E-state index contributed by atoms with van der Waals surface area (Å²) in [4.78, 5) is 0. The fraction of sp³-hybridized carbons (Fsp3) is 0.333. The van der Waals surface area contributed by atoms with Crippen molar-refractivity contribution in [1.29, 1.82) is 0 Å². The first-order chi connectivity index (χ1) is 23.3. The molecule has 0 aliphatic heterocycles. The topological polar surface area (TPSA) is 0 Å². The van der Waals surface area contributed by atoms with Gasteiger partial charge in [-0.25, -0.2) is 5.57 Å². The summed E-state index contributed by atoms with van der Waals surface area (Å²) >= 11 is 11.0. The molecule has 0 amide bonds. The maximum atomic E-state index is 5.84. The zero-order valence-corrected chi connectivity index (χ0v) is 32.1. The van der Waals surface area contributed by atoms with Gasteiger partial charge in [0.15, 0.2) is 0 Å². The first kappa shape index (κ1) is 34.0. The second-order valence-corrected chi connectivity index (χ2v) is 17.9. The van der Waals surface area contributed by atoms with Crippen LogP contribution in [0.2, 0.25) is 10.0 Å². The minimum absolute atomic E-state index is 0.564. The van der Waals surface area contributed by atoms with Gasteiger partial charge < -0.3 is 0 Å². The SMILES string of the molecule is CC1=[C-]C(C)C=C1CC12CC3CC(CC(C3)C1)C2.Clc1ccc([CH]=[Zr]=[CH]c2ccc(Cl)cc2)cc1.[c-]1cccc2c1Cc1ccccc1-2. The molecule has 244 valence electrons. The summed E-state index contributed by atoms with van der Waals surface area (Å²) < 4.78 is 4.66. The van der Waals surface area contributed by atoms with Crippen molar-refractivity contribution < 1.29 is 22.3 Å². The number of hydrogen-bond acceptors (Lipinski definition) is 0. The number of hydrogen-bond donors (Lipinski definition) is 0. The molecule has 6 aliphatic carbocycles. The molecular weight excluding hydrogens is 703 g/mol. The van der Waals surface area contributed by atoms with Crippen LogP contribution in [0.5, 0.6) is 0 Å². The van der Waals surface area contributed by atoms with E-state index in [2.05, 4.69) is 100 Å². The van der Waals surface area contributed by atoms with Crippen molar-refractivity contribution in [2.24, 2.45) is 29.1 Å². The van der Waals surface area contributed by atoms with Gasteiger partial charge in [0.05, 0.1) is 0 Å². The predicted octanol–water partition coefficient (Wildman–Crippen LogP) is 12.1. The molecular formula is C45H44Cl2Zr-2. The van der Waals surface area contributed by atoms with E-state index >= 15 is 0 Å². The molecule has 0 saturated heterocycles. The quantitative estimate of drug-likeness (QED) is 0.161.